The highest BCUT2D eigenvalue weighted by Gasteiger charge is 2.22. The Morgan fingerprint density at radius 3 is 3.04 bits per heavy atom. The highest BCUT2D eigenvalue weighted by atomic mass is 35.5. The largest absolute Gasteiger partial charge is 0.365 e. The van der Waals surface area contributed by atoms with Crippen molar-refractivity contribution in [3.05, 3.63) is 51.6 Å². The molecule has 0 saturated carbocycles. The Labute approximate surface area is 144 Å². The first-order valence-electron chi connectivity index (χ1n) is 7.95. The number of halogens is 1. The number of aryl methyl sites for hydroxylation is 1. The van der Waals surface area contributed by atoms with Gasteiger partial charge in [0.25, 0.3) is 0 Å². The van der Waals surface area contributed by atoms with Crippen molar-refractivity contribution in [2.24, 2.45) is 5.92 Å². The zero-order valence-electron chi connectivity index (χ0n) is 13.0. The maximum atomic E-state index is 6.25. The molecule has 2 heterocycles. The van der Waals surface area contributed by atoms with E-state index in [1.165, 1.54) is 28.7 Å². The molecule has 0 radical (unpaired) electrons. The highest BCUT2D eigenvalue weighted by Crippen LogP contribution is 2.39. The van der Waals surface area contributed by atoms with Crippen molar-refractivity contribution < 1.29 is 0 Å². The van der Waals surface area contributed by atoms with E-state index in [1.54, 1.807) is 6.33 Å². The van der Waals surface area contributed by atoms with Crippen LogP contribution in [-0.4, -0.2) is 9.97 Å². The maximum absolute atomic E-state index is 6.25. The molecule has 0 amide bonds. The lowest BCUT2D eigenvalue weighted by atomic mass is 9.89. The maximum Gasteiger partial charge on any atom is 0.138 e. The molecule has 1 aromatic carbocycles. The van der Waals surface area contributed by atoms with Crippen LogP contribution in [-0.2, 0) is 19.4 Å². The molecule has 118 valence electrons. The van der Waals surface area contributed by atoms with Crippen LogP contribution < -0.4 is 5.32 Å². The fourth-order valence-electron chi connectivity index (χ4n) is 3.23. The molecule has 4 rings (SSSR count). The first kappa shape index (κ1) is 14.9. The Kier molecular flexibility index (Phi) is 3.95. The van der Waals surface area contributed by atoms with Gasteiger partial charge in [0.15, 0.2) is 0 Å². The van der Waals surface area contributed by atoms with Crippen LogP contribution >= 0.6 is 22.9 Å². The number of hydrogen-bond acceptors (Lipinski definition) is 4. The van der Waals surface area contributed by atoms with Crippen molar-refractivity contribution in [2.75, 3.05) is 5.32 Å². The summed E-state index contributed by atoms with van der Waals surface area (Å²) in [5.41, 5.74) is 2.53. The lowest BCUT2D eigenvalue weighted by Crippen LogP contribution is -2.09. The van der Waals surface area contributed by atoms with Gasteiger partial charge in [-0.25, -0.2) is 9.97 Å². The minimum Gasteiger partial charge on any atom is -0.365 e. The second kappa shape index (κ2) is 6.10. The van der Waals surface area contributed by atoms with Gasteiger partial charge in [0.05, 0.1) is 5.39 Å². The lowest BCUT2D eigenvalue weighted by Gasteiger charge is -2.18. The SMILES string of the molecule is C[C@@H]1CCc2c(sc3ncnc(NCc4ccccc4Cl)c23)C1. The van der Waals surface area contributed by atoms with Gasteiger partial charge in [-0.15, -0.1) is 11.3 Å². The Balaban J connectivity index is 1.69. The third-order valence-corrected chi connectivity index (χ3v) is 6.03. The lowest BCUT2D eigenvalue weighted by molar-refractivity contribution is 0.509. The van der Waals surface area contributed by atoms with E-state index in [9.17, 15) is 0 Å². The third kappa shape index (κ3) is 2.81. The summed E-state index contributed by atoms with van der Waals surface area (Å²) >= 11 is 8.07. The first-order valence-corrected chi connectivity index (χ1v) is 9.14. The van der Waals surface area contributed by atoms with Crippen molar-refractivity contribution in [2.45, 2.75) is 32.7 Å². The van der Waals surface area contributed by atoms with E-state index in [-0.39, 0.29) is 0 Å². The zero-order valence-corrected chi connectivity index (χ0v) is 14.5. The van der Waals surface area contributed by atoms with Crippen LogP contribution in [0.4, 0.5) is 5.82 Å². The number of fused-ring (bicyclic) bond motifs is 3. The molecule has 1 aliphatic carbocycles. The van der Waals surface area contributed by atoms with E-state index < -0.39 is 0 Å². The van der Waals surface area contributed by atoms with Crippen molar-refractivity contribution in [3.63, 3.8) is 0 Å². The van der Waals surface area contributed by atoms with E-state index in [1.807, 2.05) is 35.6 Å². The topological polar surface area (TPSA) is 37.8 Å². The van der Waals surface area contributed by atoms with Crippen LogP contribution in [0.15, 0.2) is 30.6 Å². The average Bonchev–Trinajstić information content (AvgIpc) is 2.92. The summed E-state index contributed by atoms with van der Waals surface area (Å²) in [6.07, 6.45) is 5.20. The third-order valence-electron chi connectivity index (χ3n) is 4.50. The van der Waals surface area contributed by atoms with Gasteiger partial charge in [-0.05, 0) is 42.4 Å². The van der Waals surface area contributed by atoms with Gasteiger partial charge >= 0.3 is 0 Å². The van der Waals surface area contributed by atoms with Crippen LogP contribution in [0.5, 0.6) is 0 Å². The number of benzene rings is 1. The Hall–Kier alpha value is -1.65. The highest BCUT2D eigenvalue weighted by molar-refractivity contribution is 7.19. The van der Waals surface area contributed by atoms with Crippen molar-refractivity contribution in [3.8, 4) is 0 Å². The molecule has 3 nitrogen and oxygen atoms in total. The number of anilines is 1. The van der Waals surface area contributed by atoms with Crippen LogP contribution in [0.2, 0.25) is 5.02 Å². The summed E-state index contributed by atoms with van der Waals surface area (Å²) in [5, 5.41) is 5.46. The molecular formula is C18H18ClN3S. The molecule has 3 aromatic rings. The summed E-state index contributed by atoms with van der Waals surface area (Å²) in [5.74, 6) is 1.70. The van der Waals surface area contributed by atoms with Gasteiger partial charge < -0.3 is 5.32 Å². The average molecular weight is 344 g/mol. The predicted molar refractivity (Wildman–Crippen MR) is 97.4 cm³/mol. The number of thiophene rings is 1. The molecule has 0 saturated heterocycles. The number of nitrogens with one attached hydrogen (secondary N) is 1. The van der Waals surface area contributed by atoms with Crippen LogP contribution in [0.1, 0.15) is 29.3 Å². The predicted octanol–water partition coefficient (Wildman–Crippen LogP) is 5.08. The molecule has 23 heavy (non-hydrogen) atoms. The fourth-order valence-corrected chi connectivity index (χ4v) is 4.78. The molecule has 0 fully saturated rings. The monoisotopic (exact) mass is 343 g/mol. The summed E-state index contributed by atoms with van der Waals surface area (Å²) < 4.78 is 0. The van der Waals surface area contributed by atoms with E-state index in [2.05, 4.69) is 22.2 Å². The van der Waals surface area contributed by atoms with E-state index in [4.69, 9.17) is 11.6 Å². The van der Waals surface area contributed by atoms with E-state index in [0.717, 1.165) is 33.6 Å². The normalized spacial score (nSPS) is 17.2. The van der Waals surface area contributed by atoms with Crippen molar-refractivity contribution >= 4 is 39.0 Å². The molecule has 0 spiro atoms. The van der Waals surface area contributed by atoms with E-state index >= 15 is 0 Å². The molecule has 2 aromatic heterocycles. The molecule has 5 heteroatoms. The minimum atomic E-state index is 0.673. The van der Waals surface area contributed by atoms with Gasteiger partial charge in [-0.3, -0.25) is 0 Å². The molecule has 0 bridgehead atoms. The van der Waals surface area contributed by atoms with Gasteiger partial charge in [0.1, 0.15) is 17.0 Å². The molecule has 0 aliphatic heterocycles. The molecular weight excluding hydrogens is 326 g/mol. The number of nitrogens with zero attached hydrogens (tertiary/aromatic N) is 2. The summed E-state index contributed by atoms with van der Waals surface area (Å²) in [7, 11) is 0. The molecule has 0 unspecified atom stereocenters. The van der Waals surface area contributed by atoms with Crippen LogP contribution in [0.3, 0.4) is 0 Å². The van der Waals surface area contributed by atoms with Gasteiger partial charge in [-0.1, -0.05) is 36.7 Å². The standard InChI is InChI=1S/C18H18ClN3S/c1-11-6-7-13-15(8-11)23-18-16(13)17(21-10-22-18)20-9-12-4-2-3-5-14(12)19/h2-5,10-11H,6-9H2,1H3,(H,20,21,22)/t11-/m1/s1. The summed E-state index contributed by atoms with van der Waals surface area (Å²) in [6.45, 7) is 3.00. The van der Waals surface area contributed by atoms with Crippen LogP contribution in [0, 0.1) is 5.92 Å². The number of aromatic nitrogens is 2. The molecule has 1 aliphatic rings. The zero-order chi connectivity index (χ0) is 15.8. The van der Waals surface area contributed by atoms with Crippen molar-refractivity contribution in [1.82, 2.24) is 9.97 Å². The van der Waals surface area contributed by atoms with Crippen LogP contribution in [0.25, 0.3) is 10.2 Å². The van der Waals surface area contributed by atoms with Gasteiger partial charge in [-0.2, -0.15) is 0 Å². The first-order chi connectivity index (χ1) is 11.2. The molecule has 1 atom stereocenters. The Morgan fingerprint density at radius 2 is 2.17 bits per heavy atom. The Morgan fingerprint density at radius 1 is 1.30 bits per heavy atom. The van der Waals surface area contributed by atoms with Gasteiger partial charge in [0, 0.05) is 16.4 Å². The van der Waals surface area contributed by atoms with Crippen molar-refractivity contribution in [1.29, 1.82) is 0 Å². The van der Waals surface area contributed by atoms with Gasteiger partial charge in [0.2, 0.25) is 0 Å². The number of rotatable bonds is 3. The quantitative estimate of drug-likeness (QED) is 0.720. The Bertz CT molecular complexity index is 859. The number of hydrogen-bond donors (Lipinski definition) is 1. The second-order valence-electron chi connectivity index (χ2n) is 6.20. The summed E-state index contributed by atoms with van der Waals surface area (Å²) in [6, 6.07) is 7.91. The summed E-state index contributed by atoms with van der Waals surface area (Å²) in [4.78, 5) is 11.6. The second-order valence-corrected chi connectivity index (χ2v) is 7.69. The molecule has 1 N–H and O–H groups in total. The fraction of sp³-hybridized carbons (Fsp3) is 0.333. The smallest absolute Gasteiger partial charge is 0.138 e. The minimum absolute atomic E-state index is 0.673. The van der Waals surface area contributed by atoms with E-state index in [0.29, 0.717) is 6.54 Å².